The van der Waals surface area contributed by atoms with E-state index < -0.39 is 0 Å². The molecule has 0 atom stereocenters. The van der Waals surface area contributed by atoms with Crippen molar-refractivity contribution in [2.45, 2.75) is 18.8 Å². The van der Waals surface area contributed by atoms with Gasteiger partial charge in [-0.1, -0.05) is 0 Å². The Morgan fingerprint density at radius 3 is 1.92 bits per heavy atom. The first-order valence-electron chi connectivity index (χ1n) is 3.72. The third kappa shape index (κ3) is 2.36. The third-order valence-electron chi connectivity index (χ3n) is 1.99. The second kappa shape index (κ2) is 4.29. The maximum Gasteiger partial charge on any atom is -0.870 e. The number of benzene rings is 1. The average Bonchev–Trinajstić information content (AvgIpc) is 2.71. The van der Waals surface area contributed by atoms with Gasteiger partial charge < -0.3 is 11.0 Å². The molecular formula is C9H11BO2. The van der Waals surface area contributed by atoms with E-state index in [1.165, 1.54) is 18.4 Å². The smallest absolute Gasteiger partial charge is 0.870 e. The van der Waals surface area contributed by atoms with E-state index in [-0.39, 0.29) is 11.0 Å². The molecule has 62 valence electrons. The Hall–Kier alpha value is -0.795. The van der Waals surface area contributed by atoms with E-state index in [1.54, 1.807) is 0 Å². The van der Waals surface area contributed by atoms with Gasteiger partial charge in [-0.05, 0) is 0 Å². The Labute approximate surface area is 73.6 Å². The quantitative estimate of drug-likeness (QED) is 0.578. The minimum Gasteiger partial charge on any atom is -0.870 e. The van der Waals surface area contributed by atoms with Gasteiger partial charge in [0.25, 0.3) is 0 Å². The van der Waals surface area contributed by atoms with E-state index in [2.05, 4.69) is 12.1 Å². The minimum absolute atomic E-state index is 0. The van der Waals surface area contributed by atoms with E-state index in [1.807, 2.05) is 12.1 Å². The summed E-state index contributed by atoms with van der Waals surface area (Å²) in [4.78, 5) is 0. The minimum atomic E-state index is 0. The summed E-state index contributed by atoms with van der Waals surface area (Å²) in [6, 6.07) is 8.22. The Bertz CT molecular complexity index is 229. The summed E-state index contributed by atoms with van der Waals surface area (Å²) in [6.45, 7) is 0. The van der Waals surface area contributed by atoms with Crippen LogP contribution in [0.2, 0.25) is 0 Å². The average molecular weight is 162 g/mol. The zero-order valence-corrected chi connectivity index (χ0v) is 6.77. The first kappa shape index (κ1) is 11.2. The largest absolute Gasteiger partial charge is 0.870 e. The summed E-state index contributed by atoms with van der Waals surface area (Å²) in [5.41, 5.74) is 2.32. The van der Waals surface area contributed by atoms with Crippen LogP contribution in [0, 0.1) is 0 Å². The van der Waals surface area contributed by atoms with Crippen molar-refractivity contribution in [1.82, 2.24) is 0 Å². The van der Waals surface area contributed by atoms with Gasteiger partial charge in [0, 0.05) is 0 Å². The van der Waals surface area contributed by atoms with Crippen molar-refractivity contribution in [2.24, 2.45) is 0 Å². The molecule has 1 aliphatic carbocycles. The van der Waals surface area contributed by atoms with Crippen LogP contribution in [0.3, 0.4) is 0 Å². The predicted molar refractivity (Wildman–Crippen MR) is 47.7 cm³/mol. The molecule has 1 aromatic carbocycles. The predicted octanol–water partition coefficient (Wildman–Crippen LogP) is 1.00. The Morgan fingerprint density at radius 1 is 1.00 bits per heavy atom. The van der Waals surface area contributed by atoms with E-state index in [9.17, 15) is 0 Å². The van der Waals surface area contributed by atoms with Gasteiger partial charge in [0.15, 0.2) is 0 Å². The molecule has 0 bridgehead atoms. The Kier molecular flexibility index (Phi) is 4.00. The zero-order valence-electron chi connectivity index (χ0n) is 6.77. The normalized spacial score (nSPS) is 14.5. The van der Waals surface area contributed by atoms with Gasteiger partial charge in [-0.25, -0.2) is 0 Å². The summed E-state index contributed by atoms with van der Waals surface area (Å²) >= 11 is 0. The summed E-state index contributed by atoms with van der Waals surface area (Å²) in [6.07, 6.45) is 2.73. The van der Waals surface area contributed by atoms with E-state index in [0.717, 1.165) is 11.4 Å². The molecule has 1 aromatic rings. The van der Waals surface area contributed by atoms with Crippen LogP contribution < -0.4 is 5.46 Å². The first-order chi connectivity index (χ1) is 4.86. The summed E-state index contributed by atoms with van der Waals surface area (Å²) in [7, 11) is 5.55. The Morgan fingerprint density at radius 2 is 1.50 bits per heavy atom. The van der Waals surface area contributed by atoms with E-state index >= 15 is 0 Å². The van der Waals surface area contributed by atoms with Gasteiger partial charge in [-0.2, -0.15) is 0 Å². The third-order valence-corrected chi connectivity index (χ3v) is 1.99. The molecule has 0 radical (unpaired) electrons. The van der Waals surface area contributed by atoms with E-state index in [0.29, 0.717) is 0 Å². The molecule has 0 unspecified atom stereocenters. The molecule has 1 fully saturated rings. The molecule has 2 nitrogen and oxygen atoms in total. The maximum atomic E-state index is 5.55. The van der Waals surface area contributed by atoms with Crippen molar-refractivity contribution in [3.05, 3.63) is 29.8 Å². The molecule has 0 aromatic heterocycles. The van der Waals surface area contributed by atoms with Crippen molar-refractivity contribution >= 4 is 13.3 Å². The summed E-state index contributed by atoms with van der Waals surface area (Å²) < 4.78 is 0. The van der Waals surface area contributed by atoms with Gasteiger partial charge in [0.2, 0.25) is 0 Å². The molecule has 12 heavy (non-hydrogen) atoms. The molecule has 2 rings (SSSR count). The van der Waals surface area contributed by atoms with Crippen LogP contribution in [0.1, 0.15) is 24.3 Å². The zero-order chi connectivity index (χ0) is 6.97. The van der Waals surface area contributed by atoms with Crippen molar-refractivity contribution in [3.8, 4) is 0 Å². The van der Waals surface area contributed by atoms with Crippen LogP contribution in [0.25, 0.3) is 0 Å². The fraction of sp³-hybridized carbons (Fsp3) is 0.333. The molecule has 0 heterocycles. The second-order valence-electron chi connectivity index (χ2n) is 2.94. The van der Waals surface area contributed by atoms with Crippen LogP contribution in [-0.4, -0.2) is 18.8 Å². The van der Waals surface area contributed by atoms with Gasteiger partial charge in [0.05, 0.1) is 0 Å². The number of hydrogen-bond donors (Lipinski definition) is 0. The van der Waals surface area contributed by atoms with Crippen molar-refractivity contribution in [3.63, 3.8) is 0 Å². The van der Waals surface area contributed by atoms with Crippen LogP contribution in [0.5, 0.6) is 0 Å². The van der Waals surface area contributed by atoms with Gasteiger partial charge in [-0.3, -0.25) is 0 Å². The van der Waals surface area contributed by atoms with Crippen LogP contribution >= 0.6 is 0 Å². The van der Waals surface area contributed by atoms with Crippen molar-refractivity contribution in [2.75, 3.05) is 0 Å². The fourth-order valence-corrected chi connectivity index (χ4v) is 1.18. The van der Waals surface area contributed by atoms with Crippen LogP contribution in [0.15, 0.2) is 24.3 Å². The molecule has 0 saturated heterocycles. The van der Waals surface area contributed by atoms with E-state index in [4.69, 9.17) is 7.85 Å². The summed E-state index contributed by atoms with van der Waals surface area (Å²) in [5, 5.41) is 0. The molecule has 1 aliphatic rings. The van der Waals surface area contributed by atoms with Crippen LogP contribution in [-0.2, 0) is 0 Å². The van der Waals surface area contributed by atoms with Crippen LogP contribution in [0.4, 0.5) is 0 Å². The van der Waals surface area contributed by atoms with Crippen molar-refractivity contribution in [1.29, 1.82) is 0 Å². The molecule has 2 N–H and O–H groups in total. The van der Waals surface area contributed by atoms with Gasteiger partial charge >= 0.3 is 61.9 Å². The summed E-state index contributed by atoms with van der Waals surface area (Å²) in [5.74, 6) is 0.848. The standard InChI is InChI=1S/C9H9B.2H2O/c10-9-5-3-8(4-6-9)7-1-2-7;;/h3-7H,1-2H2;2*1H2/q+2;;/p-2. The molecular weight excluding hydrogens is 151 g/mol. The SMILES string of the molecule is [B+2]c1ccc(C2CC2)cc1.[OH-].[OH-]. The molecule has 0 amide bonds. The molecule has 0 spiro atoms. The second-order valence-corrected chi connectivity index (χ2v) is 2.94. The Balaban J connectivity index is 0.000000605. The molecule has 0 aliphatic heterocycles. The van der Waals surface area contributed by atoms with Gasteiger partial charge in [0.1, 0.15) is 0 Å². The monoisotopic (exact) mass is 162 g/mol. The number of rotatable bonds is 1. The number of hydrogen-bond acceptors (Lipinski definition) is 2. The maximum absolute atomic E-state index is 5.55. The first-order valence-corrected chi connectivity index (χ1v) is 3.72. The topological polar surface area (TPSA) is 60.0 Å². The van der Waals surface area contributed by atoms with Gasteiger partial charge in [-0.15, -0.1) is 0 Å². The molecule has 3 heteroatoms. The fourth-order valence-electron chi connectivity index (χ4n) is 1.18. The molecule has 1 saturated carbocycles. The van der Waals surface area contributed by atoms with Crippen molar-refractivity contribution < 1.29 is 11.0 Å².